The second-order valence-electron chi connectivity index (χ2n) is 6.33. The number of halogens is 1. The molecule has 1 aliphatic heterocycles. The molecule has 2 heterocycles. The molecule has 1 aromatic rings. The molecule has 2 N–H and O–H groups in total. The fraction of sp³-hybridized carbons (Fsp3) is 0.733. The summed E-state index contributed by atoms with van der Waals surface area (Å²) in [4.78, 5) is 14.5. The Kier molecular flexibility index (Phi) is 7.86. The Bertz CT molecular complexity index is 672. The molecule has 1 amide bonds. The van der Waals surface area contributed by atoms with Gasteiger partial charge in [0.2, 0.25) is 15.9 Å². The number of H-pyrrole nitrogens is 1. The molecule has 0 bridgehead atoms. The number of piperidine rings is 1. The number of sulfonamides is 1. The van der Waals surface area contributed by atoms with Crippen LogP contribution >= 0.6 is 12.4 Å². The minimum absolute atomic E-state index is 0. The van der Waals surface area contributed by atoms with Gasteiger partial charge in [-0.2, -0.15) is 9.40 Å². The van der Waals surface area contributed by atoms with E-state index in [1.54, 1.807) is 25.8 Å². The average molecular weight is 394 g/mol. The molecule has 1 saturated heterocycles. The quantitative estimate of drug-likeness (QED) is 0.734. The molecule has 0 aliphatic carbocycles. The smallest absolute Gasteiger partial charge is 0.246 e. The van der Waals surface area contributed by atoms with Crippen LogP contribution in [0.25, 0.3) is 0 Å². The molecule has 25 heavy (non-hydrogen) atoms. The van der Waals surface area contributed by atoms with Gasteiger partial charge in [0.1, 0.15) is 4.90 Å². The summed E-state index contributed by atoms with van der Waals surface area (Å²) in [5, 5.41) is 9.71. The standard InChI is InChI=1S/C15H27N5O3S.ClH/c1-11-14(12(2)18-17-11)24(22,23)20-8-5-6-13(10-20)15(21)19(4)9-7-16-3;/h13,16H,5-10H2,1-4H3,(H,17,18);1H. The summed E-state index contributed by atoms with van der Waals surface area (Å²) in [6.45, 7) is 5.37. The van der Waals surface area contributed by atoms with E-state index in [2.05, 4.69) is 15.5 Å². The van der Waals surface area contributed by atoms with Crippen LogP contribution in [0.4, 0.5) is 0 Å². The summed E-state index contributed by atoms with van der Waals surface area (Å²) in [5.41, 5.74) is 0.999. The number of aromatic amines is 1. The van der Waals surface area contributed by atoms with E-state index in [1.165, 1.54) is 4.31 Å². The Morgan fingerprint density at radius 3 is 2.68 bits per heavy atom. The monoisotopic (exact) mass is 393 g/mol. The number of nitrogens with zero attached hydrogens (tertiary/aromatic N) is 3. The van der Waals surface area contributed by atoms with Gasteiger partial charge < -0.3 is 10.2 Å². The lowest BCUT2D eigenvalue weighted by molar-refractivity contribution is -0.135. The average Bonchev–Trinajstić information content (AvgIpc) is 2.91. The van der Waals surface area contributed by atoms with Crippen molar-refractivity contribution in [3.05, 3.63) is 11.4 Å². The van der Waals surface area contributed by atoms with Crippen molar-refractivity contribution in [1.82, 2.24) is 24.7 Å². The number of carbonyl (C=O) groups is 1. The van der Waals surface area contributed by atoms with Crippen LogP contribution in [0.3, 0.4) is 0 Å². The summed E-state index contributed by atoms with van der Waals surface area (Å²) < 4.78 is 27.3. The van der Waals surface area contributed by atoms with Gasteiger partial charge in [-0.25, -0.2) is 8.42 Å². The molecule has 1 aliphatic rings. The Morgan fingerprint density at radius 2 is 2.12 bits per heavy atom. The van der Waals surface area contributed by atoms with Crippen molar-refractivity contribution in [3.63, 3.8) is 0 Å². The molecule has 1 fully saturated rings. The van der Waals surface area contributed by atoms with Gasteiger partial charge in [0.15, 0.2) is 0 Å². The van der Waals surface area contributed by atoms with Gasteiger partial charge in [0.25, 0.3) is 0 Å². The maximum atomic E-state index is 12.9. The summed E-state index contributed by atoms with van der Waals surface area (Å²) in [6, 6.07) is 0. The third kappa shape index (κ3) is 4.72. The van der Waals surface area contributed by atoms with Crippen LogP contribution in [0.1, 0.15) is 24.2 Å². The zero-order valence-electron chi connectivity index (χ0n) is 15.2. The molecular formula is C15H28ClN5O3S. The number of hydrogen-bond donors (Lipinski definition) is 2. The van der Waals surface area contributed by atoms with E-state index in [4.69, 9.17) is 0 Å². The Morgan fingerprint density at radius 1 is 1.44 bits per heavy atom. The predicted octanol–water partition coefficient (Wildman–Crippen LogP) is 0.527. The minimum atomic E-state index is -3.63. The van der Waals surface area contributed by atoms with Crippen molar-refractivity contribution < 1.29 is 13.2 Å². The molecule has 0 spiro atoms. The number of hydrogen-bond acceptors (Lipinski definition) is 5. The molecule has 1 aromatic heterocycles. The number of likely N-dealkylation sites (N-methyl/N-ethyl adjacent to an activating group) is 2. The summed E-state index contributed by atoms with van der Waals surface area (Å²) >= 11 is 0. The van der Waals surface area contributed by atoms with Gasteiger partial charge in [-0.15, -0.1) is 12.4 Å². The van der Waals surface area contributed by atoms with Crippen LogP contribution in [-0.4, -0.2) is 74.0 Å². The first-order chi connectivity index (χ1) is 11.3. The largest absolute Gasteiger partial charge is 0.344 e. The first kappa shape index (κ1) is 21.9. The van der Waals surface area contributed by atoms with Gasteiger partial charge in [0, 0.05) is 33.2 Å². The zero-order chi connectivity index (χ0) is 17.9. The molecule has 1 unspecified atom stereocenters. The van der Waals surface area contributed by atoms with Crippen LogP contribution in [0.2, 0.25) is 0 Å². The van der Waals surface area contributed by atoms with Gasteiger partial charge in [-0.1, -0.05) is 0 Å². The summed E-state index contributed by atoms with van der Waals surface area (Å²) in [5.74, 6) is -0.284. The number of rotatable bonds is 6. The van der Waals surface area contributed by atoms with Crippen LogP contribution in [0.15, 0.2) is 4.90 Å². The number of carbonyl (C=O) groups excluding carboxylic acids is 1. The Balaban J connectivity index is 0.00000312. The van der Waals surface area contributed by atoms with E-state index in [9.17, 15) is 13.2 Å². The lowest BCUT2D eigenvalue weighted by Gasteiger charge is -2.33. The molecule has 1 atom stereocenters. The predicted molar refractivity (Wildman–Crippen MR) is 98.4 cm³/mol. The molecule has 0 aromatic carbocycles. The Hall–Kier alpha value is -1.16. The minimum Gasteiger partial charge on any atom is -0.344 e. The van der Waals surface area contributed by atoms with Crippen molar-refractivity contribution in [1.29, 1.82) is 0 Å². The molecule has 0 radical (unpaired) electrons. The van der Waals surface area contributed by atoms with E-state index in [0.29, 0.717) is 37.4 Å². The lowest BCUT2D eigenvalue weighted by Crippen LogP contribution is -2.46. The van der Waals surface area contributed by atoms with E-state index in [-0.39, 0.29) is 35.7 Å². The first-order valence-corrected chi connectivity index (χ1v) is 9.64. The van der Waals surface area contributed by atoms with Gasteiger partial charge in [0.05, 0.1) is 17.3 Å². The van der Waals surface area contributed by atoms with Crippen LogP contribution in [0, 0.1) is 19.8 Å². The van der Waals surface area contributed by atoms with Crippen molar-refractivity contribution in [2.24, 2.45) is 5.92 Å². The van der Waals surface area contributed by atoms with Crippen molar-refractivity contribution in [2.75, 3.05) is 40.3 Å². The number of aryl methyl sites for hydroxylation is 2. The van der Waals surface area contributed by atoms with E-state index in [0.717, 1.165) is 6.42 Å². The van der Waals surface area contributed by atoms with Crippen molar-refractivity contribution in [2.45, 2.75) is 31.6 Å². The van der Waals surface area contributed by atoms with Crippen LogP contribution in [-0.2, 0) is 14.8 Å². The lowest BCUT2D eigenvalue weighted by atomic mass is 9.98. The fourth-order valence-corrected chi connectivity index (χ4v) is 4.97. The molecule has 2 rings (SSSR count). The van der Waals surface area contributed by atoms with Gasteiger partial charge >= 0.3 is 0 Å². The zero-order valence-corrected chi connectivity index (χ0v) is 16.8. The summed E-state index contributed by atoms with van der Waals surface area (Å²) in [6.07, 6.45) is 1.41. The molecule has 144 valence electrons. The molecule has 10 heteroatoms. The maximum absolute atomic E-state index is 12.9. The third-order valence-electron chi connectivity index (χ3n) is 4.47. The highest BCUT2D eigenvalue weighted by Gasteiger charge is 2.36. The topological polar surface area (TPSA) is 98.4 Å². The number of aromatic nitrogens is 2. The second kappa shape index (κ2) is 8.98. The Labute approximate surface area is 155 Å². The SMILES string of the molecule is CNCCN(C)C(=O)C1CCCN(S(=O)(=O)c2c(C)n[nH]c2C)C1.Cl. The van der Waals surface area contributed by atoms with E-state index >= 15 is 0 Å². The van der Waals surface area contributed by atoms with Gasteiger partial charge in [-0.3, -0.25) is 9.89 Å². The maximum Gasteiger partial charge on any atom is 0.246 e. The van der Waals surface area contributed by atoms with Gasteiger partial charge in [-0.05, 0) is 33.7 Å². The first-order valence-electron chi connectivity index (χ1n) is 8.20. The number of nitrogens with one attached hydrogen (secondary N) is 2. The second-order valence-corrected chi connectivity index (χ2v) is 8.20. The summed E-state index contributed by atoms with van der Waals surface area (Å²) in [7, 11) is -0.0351. The molecule has 8 nitrogen and oxygen atoms in total. The van der Waals surface area contributed by atoms with Crippen LogP contribution in [0.5, 0.6) is 0 Å². The van der Waals surface area contributed by atoms with Crippen molar-refractivity contribution >= 4 is 28.3 Å². The normalized spacial score (nSPS) is 18.6. The number of amides is 1. The third-order valence-corrected chi connectivity index (χ3v) is 6.59. The molecule has 0 saturated carbocycles. The van der Waals surface area contributed by atoms with E-state index in [1.807, 2.05) is 7.05 Å². The van der Waals surface area contributed by atoms with E-state index < -0.39 is 10.0 Å². The molecular weight excluding hydrogens is 366 g/mol. The van der Waals surface area contributed by atoms with Crippen molar-refractivity contribution in [3.8, 4) is 0 Å². The van der Waals surface area contributed by atoms with Crippen LogP contribution < -0.4 is 5.32 Å². The highest BCUT2D eigenvalue weighted by molar-refractivity contribution is 7.89. The highest BCUT2D eigenvalue weighted by atomic mass is 35.5. The fourth-order valence-electron chi connectivity index (χ4n) is 3.11. The highest BCUT2D eigenvalue weighted by Crippen LogP contribution is 2.27.